The summed E-state index contributed by atoms with van der Waals surface area (Å²) in [5.41, 5.74) is 1.33. The first-order valence-corrected chi connectivity index (χ1v) is 4.43. The van der Waals surface area contributed by atoms with Crippen LogP contribution in [0.15, 0.2) is 12.1 Å². The van der Waals surface area contributed by atoms with Crippen LogP contribution in [0.5, 0.6) is 0 Å². The van der Waals surface area contributed by atoms with E-state index in [-0.39, 0.29) is 5.69 Å². The van der Waals surface area contributed by atoms with Gasteiger partial charge in [-0.05, 0) is 13.0 Å². The zero-order valence-electron chi connectivity index (χ0n) is 8.24. The highest BCUT2D eigenvalue weighted by Crippen LogP contribution is 2.31. The Hall–Kier alpha value is -1.29. The fourth-order valence-corrected chi connectivity index (χ4v) is 1.58. The summed E-state index contributed by atoms with van der Waals surface area (Å²) < 4.78 is 0. The maximum absolute atomic E-state index is 10.7. The van der Waals surface area contributed by atoms with Crippen molar-refractivity contribution in [2.75, 3.05) is 19.0 Å². The Labute approximate surface area is 87.2 Å². The average Bonchev–Trinajstić information content (AvgIpc) is 2.02. The Kier molecular flexibility index (Phi) is 2.96. The highest BCUT2D eigenvalue weighted by molar-refractivity contribution is 6.33. The van der Waals surface area contributed by atoms with Crippen molar-refractivity contribution in [3.63, 3.8) is 0 Å². The summed E-state index contributed by atoms with van der Waals surface area (Å²) in [6.07, 6.45) is 0. The monoisotopic (exact) mass is 214 g/mol. The van der Waals surface area contributed by atoms with Crippen LogP contribution in [-0.2, 0) is 0 Å². The van der Waals surface area contributed by atoms with Crippen molar-refractivity contribution in [3.8, 4) is 0 Å². The Balaban J connectivity index is 3.34. The summed E-state index contributed by atoms with van der Waals surface area (Å²) in [5, 5.41) is 11.2. The van der Waals surface area contributed by atoms with E-state index < -0.39 is 4.92 Å². The van der Waals surface area contributed by atoms with Crippen molar-refractivity contribution in [1.82, 2.24) is 0 Å². The summed E-state index contributed by atoms with van der Waals surface area (Å²) in [5.74, 6) is 0. The van der Waals surface area contributed by atoms with Gasteiger partial charge in [-0.25, -0.2) is 0 Å². The molecule has 0 heterocycles. The first kappa shape index (κ1) is 10.8. The second kappa shape index (κ2) is 3.84. The van der Waals surface area contributed by atoms with Crippen molar-refractivity contribution in [2.45, 2.75) is 6.92 Å². The number of nitro benzene ring substituents is 1. The van der Waals surface area contributed by atoms with E-state index in [1.807, 2.05) is 0 Å². The molecule has 14 heavy (non-hydrogen) atoms. The van der Waals surface area contributed by atoms with Crippen LogP contribution in [0.2, 0.25) is 5.02 Å². The maximum atomic E-state index is 10.7. The molecule has 0 radical (unpaired) electrons. The molecule has 4 nitrogen and oxygen atoms in total. The second-order valence-electron chi connectivity index (χ2n) is 3.24. The standard InChI is InChI=1S/C9H11ClN2O2/c1-6-4-7(10)9(11(2)3)5-8(6)12(13)14/h4-5H,1-3H3. The van der Waals surface area contributed by atoms with Gasteiger partial charge in [-0.1, -0.05) is 11.6 Å². The molecule has 0 unspecified atom stereocenters. The minimum Gasteiger partial charge on any atom is -0.376 e. The zero-order valence-corrected chi connectivity index (χ0v) is 9.00. The van der Waals surface area contributed by atoms with Gasteiger partial charge in [-0.2, -0.15) is 0 Å². The van der Waals surface area contributed by atoms with Crippen LogP contribution in [0.1, 0.15) is 5.56 Å². The van der Waals surface area contributed by atoms with Crippen molar-refractivity contribution >= 4 is 23.0 Å². The maximum Gasteiger partial charge on any atom is 0.274 e. The molecule has 0 aromatic heterocycles. The summed E-state index contributed by atoms with van der Waals surface area (Å²) >= 11 is 5.94. The molecule has 0 aliphatic rings. The van der Waals surface area contributed by atoms with E-state index in [1.54, 1.807) is 32.0 Å². The van der Waals surface area contributed by atoms with Gasteiger partial charge in [-0.3, -0.25) is 10.1 Å². The number of nitrogens with zero attached hydrogens (tertiary/aromatic N) is 2. The summed E-state index contributed by atoms with van der Waals surface area (Å²) in [7, 11) is 3.58. The van der Waals surface area contributed by atoms with Crippen LogP contribution in [-0.4, -0.2) is 19.0 Å². The molecule has 0 aliphatic heterocycles. The molecular formula is C9H11ClN2O2. The van der Waals surface area contributed by atoms with Gasteiger partial charge in [0.1, 0.15) is 0 Å². The lowest BCUT2D eigenvalue weighted by Gasteiger charge is -2.14. The highest BCUT2D eigenvalue weighted by Gasteiger charge is 2.15. The van der Waals surface area contributed by atoms with Gasteiger partial charge in [0, 0.05) is 25.7 Å². The molecule has 0 bridgehead atoms. The fourth-order valence-electron chi connectivity index (χ4n) is 1.19. The van der Waals surface area contributed by atoms with Gasteiger partial charge < -0.3 is 4.90 Å². The first-order valence-electron chi connectivity index (χ1n) is 4.05. The van der Waals surface area contributed by atoms with Gasteiger partial charge in [0.05, 0.1) is 15.6 Å². The fraction of sp³-hybridized carbons (Fsp3) is 0.333. The van der Waals surface area contributed by atoms with Crippen LogP contribution in [0, 0.1) is 17.0 Å². The molecule has 1 aromatic carbocycles. The quantitative estimate of drug-likeness (QED) is 0.562. The lowest BCUT2D eigenvalue weighted by atomic mass is 10.2. The first-order chi connectivity index (χ1) is 6.43. The van der Waals surface area contributed by atoms with E-state index in [0.29, 0.717) is 16.3 Å². The van der Waals surface area contributed by atoms with Gasteiger partial charge >= 0.3 is 0 Å². The van der Waals surface area contributed by atoms with Gasteiger partial charge in [0.25, 0.3) is 5.69 Å². The predicted octanol–water partition coefficient (Wildman–Crippen LogP) is 2.62. The summed E-state index contributed by atoms with van der Waals surface area (Å²) in [6.45, 7) is 1.67. The number of hydrogen-bond donors (Lipinski definition) is 0. The van der Waals surface area contributed by atoms with Gasteiger partial charge in [-0.15, -0.1) is 0 Å². The molecule has 76 valence electrons. The number of rotatable bonds is 2. The number of aryl methyl sites for hydroxylation is 1. The molecule has 0 aliphatic carbocycles. The molecule has 0 amide bonds. The molecule has 0 saturated heterocycles. The topological polar surface area (TPSA) is 46.4 Å². The van der Waals surface area contributed by atoms with Gasteiger partial charge in [0.2, 0.25) is 0 Å². The van der Waals surface area contributed by atoms with Crippen LogP contribution in [0.4, 0.5) is 11.4 Å². The smallest absolute Gasteiger partial charge is 0.274 e. The van der Waals surface area contributed by atoms with Gasteiger partial charge in [0.15, 0.2) is 0 Å². The van der Waals surface area contributed by atoms with Crippen molar-refractivity contribution < 1.29 is 4.92 Å². The number of hydrogen-bond acceptors (Lipinski definition) is 3. The highest BCUT2D eigenvalue weighted by atomic mass is 35.5. The number of nitro groups is 1. The average molecular weight is 215 g/mol. The lowest BCUT2D eigenvalue weighted by Crippen LogP contribution is -2.10. The van der Waals surface area contributed by atoms with Crippen molar-refractivity contribution in [1.29, 1.82) is 0 Å². The molecule has 1 rings (SSSR count). The molecule has 0 N–H and O–H groups in total. The number of benzene rings is 1. The Morgan fingerprint density at radius 3 is 2.43 bits per heavy atom. The molecule has 0 spiro atoms. The molecular weight excluding hydrogens is 204 g/mol. The van der Waals surface area contributed by atoms with E-state index in [4.69, 9.17) is 11.6 Å². The third-order valence-electron chi connectivity index (χ3n) is 1.94. The molecule has 0 saturated carbocycles. The van der Waals surface area contributed by atoms with E-state index in [1.165, 1.54) is 6.07 Å². The largest absolute Gasteiger partial charge is 0.376 e. The predicted molar refractivity (Wildman–Crippen MR) is 57.2 cm³/mol. The lowest BCUT2D eigenvalue weighted by molar-refractivity contribution is -0.385. The Morgan fingerprint density at radius 1 is 1.43 bits per heavy atom. The van der Waals surface area contributed by atoms with E-state index in [2.05, 4.69) is 0 Å². The van der Waals surface area contributed by atoms with E-state index in [9.17, 15) is 10.1 Å². The van der Waals surface area contributed by atoms with Crippen molar-refractivity contribution in [2.24, 2.45) is 0 Å². The number of halogens is 1. The Morgan fingerprint density at radius 2 is 2.00 bits per heavy atom. The van der Waals surface area contributed by atoms with E-state index >= 15 is 0 Å². The molecule has 1 aromatic rings. The third kappa shape index (κ3) is 1.96. The number of anilines is 1. The van der Waals surface area contributed by atoms with Crippen molar-refractivity contribution in [3.05, 3.63) is 32.8 Å². The normalized spacial score (nSPS) is 10.0. The molecule has 5 heteroatoms. The Bertz CT molecular complexity index is 377. The summed E-state index contributed by atoms with van der Waals surface area (Å²) in [6, 6.07) is 3.09. The SMILES string of the molecule is Cc1cc(Cl)c(N(C)C)cc1[N+](=O)[O-]. The van der Waals surface area contributed by atoms with Crippen LogP contribution >= 0.6 is 11.6 Å². The molecule has 0 atom stereocenters. The zero-order chi connectivity index (χ0) is 10.9. The van der Waals surface area contributed by atoms with Crippen LogP contribution in [0.25, 0.3) is 0 Å². The third-order valence-corrected chi connectivity index (χ3v) is 2.25. The van der Waals surface area contributed by atoms with E-state index in [0.717, 1.165) is 0 Å². The minimum absolute atomic E-state index is 0.0955. The minimum atomic E-state index is -0.404. The van der Waals surface area contributed by atoms with Crippen LogP contribution in [0.3, 0.4) is 0 Å². The second-order valence-corrected chi connectivity index (χ2v) is 3.65. The molecule has 0 fully saturated rings. The van der Waals surface area contributed by atoms with Crippen LogP contribution < -0.4 is 4.90 Å². The summed E-state index contributed by atoms with van der Waals surface area (Å²) in [4.78, 5) is 12.0.